The van der Waals surface area contributed by atoms with E-state index in [-0.39, 0.29) is 35.9 Å². The number of amides is 2. The van der Waals surface area contributed by atoms with Gasteiger partial charge in [0.2, 0.25) is 11.8 Å². The van der Waals surface area contributed by atoms with Crippen LogP contribution in [0.5, 0.6) is 5.75 Å². The SMILES string of the molecule is CCC/C(=C\c1ccc(O)cc1)CC[C@H]1OB(O)C[C@H]2C1=C(COC)C[C@H]1C(=O)N(c3ccccc3)C(=O)[C@H]12. The van der Waals surface area contributed by atoms with Crippen molar-refractivity contribution in [3.63, 3.8) is 0 Å². The number of carbonyl (C=O) groups is 2. The highest BCUT2D eigenvalue weighted by molar-refractivity contribution is 6.43. The van der Waals surface area contributed by atoms with E-state index in [1.807, 2.05) is 30.3 Å². The molecule has 0 unspecified atom stereocenters. The Morgan fingerprint density at radius 1 is 1.08 bits per heavy atom. The predicted molar refractivity (Wildman–Crippen MR) is 151 cm³/mol. The van der Waals surface area contributed by atoms with Crippen LogP contribution in [-0.2, 0) is 19.0 Å². The second-order valence-corrected chi connectivity index (χ2v) is 10.8. The second kappa shape index (κ2) is 11.9. The summed E-state index contributed by atoms with van der Waals surface area (Å²) in [6.07, 6.45) is 5.87. The summed E-state index contributed by atoms with van der Waals surface area (Å²) < 4.78 is 11.7. The fourth-order valence-electron chi connectivity index (χ4n) is 6.62. The van der Waals surface area contributed by atoms with Gasteiger partial charge in [0, 0.05) is 7.11 Å². The number of benzene rings is 2. The van der Waals surface area contributed by atoms with E-state index in [0.717, 1.165) is 36.0 Å². The Labute approximate surface area is 230 Å². The number of hydrogen-bond donors (Lipinski definition) is 2. The molecule has 2 N–H and O–H groups in total. The van der Waals surface area contributed by atoms with Crippen LogP contribution in [0.25, 0.3) is 6.08 Å². The molecular weight excluding hydrogens is 493 g/mol. The summed E-state index contributed by atoms with van der Waals surface area (Å²) in [5.41, 5.74) is 4.91. The lowest BCUT2D eigenvalue weighted by Gasteiger charge is -2.43. The predicted octanol–water partition coefficient (Wildman–Crippen LogP) is 5.00. The van der Waals surface area contributed by atoms with Gasteiger partial charge in [0.1, 0.15) is 5.75 Å². The number of imide groups is 1. The molecule has 5 rings (SSSR count). The largest absolute Gasteiger partial charge is 0.508 e. The summed E-state index contributed by atoms with van der Waals surface area (Å²) in [6.45, 7) is 2.51. The van der Waals surface area contributed by atoms with Crippen LogP contribution in [0, 0.1) is 17.8 Å². The number of hydrogen-bond acceptors (Lipinski definition) is 6. The van der Waals surface area contributed by atoms with Crippen LogP contribution in [0.2, 0.25) is 6.32 Å². The van der Waals surface area contributed by atoms with E-state index in [0.29, 0.717) is 25.1 Å². The Balaban J connectivity index is 1.43. The first-order chi connectivity index (χ1) is 18.9. The Morgan fingerprint density at radius 2 is 1.82 bits per heavy atom. The number of carbonyl (C=O) groups excluding carboxylic acids is 2. The molecule has 2 aromatic rings. The van der Waals surface area contributed by atoms with Crippen LogP contribution in [0.3, 0.4) is 0 Å². The molecular formula is C31H36BNO6. The van der Waals surface area contributed by atoms with Gasteiger partial charge in [-0.1, -0.05) is 55.3 Å². The monoisotopic (exact) mass is 529 g/mol. The van der Waals surface area contributed by atoms with E-state index in [4.69, 9.17) is 9.39 Å². The summed E-state index contributed by atoms with van der Waals surface area (Å²) in [6, 6.07) is 16.2. The van der Waals surface area contributed by atoms with Crippen molar-refractivity contribution in [2.45, 2.75) is 51.5 Å². The molecule has 2 amide bonds. The number of phenols is 1. The van der Waals surface area contributed by atoms with Gasteiger partial charge < -0.3 is 19.5 Å². The topological polar surface area (TPSA) is 96.3 Å². The van der Waals surface area contributed by atoms with Gasteiger partial charge in [-0.3, -0.25) is 14.5 Å². The average Bonchev–Trinajstić information content (AvgIpc) is 3.18. The number of rotatable bonds is 9. The van der Waals surface area contributed by atoms with Crippen molar-refractivity contribution in [3.8, 4) is 5.75 Å². The zero-order valence-electron chi connectivity index (χ0n) is 22.6. The Kier molecular flexibility index (Phi) is 8.36. The highest BCUT2D eigenvalue weighted by Gasteiger charge is 2.57. The van der Waals surface area contributed by atoms with Crippen LogP contribution in [0.15, 0.2) is 71.3 Å². The fraction of sp³-hybridized carbons (Fsp3) is 0.419. The molecule has 2 aliphatic heterocycles. The molecule has 0 saturated carbocycles. The van der Waals surface area contributed by atoms with Crippen molar-refractivity contribution in [2.24, 2.45) is 17.8 Å². The van der Waals surface area contributed by atoms with E-state index in [1.54, 1.807) is 31.4 Å². The number of nitrogens with zero attached hydrogens (tertiary/aromatic N) is 1. The number of methoxy groups -OCH3 is 1. The quantitative estimate of drug-likeness (QED) is 0.270. The summed E-state index contributed by atoms with van der Waals surface area (Å²) in [4.78, 5) is 28.6. The lowest BCUT2D eigenvalue weighted by atomic mass is 9.58. The average molecular weight is 529 g/mol. The Bertz CT molecular complexity index is 1260. The molecule has 0 radical (unpaired) electrons. The third kappa shape index (κ3) is 5.60. The van der Waals surface area contributed by atoms with Crippen molar-refractivity contribution in [2.75, 3.05) is 18.6 Å². The number of ether oxygens (including phenoxy) is 1. The molecule has 8 heteroatoms. The van der Waals surface area contributed by atoms with Gasteiger partial charge in [-0.05, 0) is 78.9 Å². The van der Waals surface area contributed by atoms with Crippen LogP contribution < -0.4 is 4.90 Å². The highest BCUT2D eigenvalue weighted by atomic mass is 16.5. The molecule has 204 valence electrons. The van der Waals surface area contributed by atoms with Crippen molar-refractivity contribution in [3.05, 3.63) is 76.9 Å². The third-order valence-corrected chi connectivity index (χ3v) is 8.20. The van der Waals surface area contributed by atoms with Gasteiger partial charge >= 0.3 is 7.12 Å². The van der Waals surface area contributed by atoms with Crippen LogP contribution in [0.4, 0.5) is 5.69 Å². The van der Waals surface area contributed by atoms with Gasteiger partial charge in [0.15, 0.2) is 0 Å². The maximum atomic E-state index is 13.8. The van der Waals surface area contributed by atoms with E-state index in [9.17, 15) is 19.7 Å². The summed E-state index contributed by atoms with van der Waals surface area (Å²) in [5, 5.41) is 20.4. The molecule has 39 heavy (non-hydrogen) atoms. The van der Waals surface area contributed by atoms with Gasteiger partial charge in [-0.25, -0.2) is 0 Å². The number of phenolic OH excluding ortho intramolecular Hbond substituents is 1. The molecule has 2 heterocycles. The van der Waals surface area contributed by atoms with Gasteiger partial charge in [-0.15, -0.1) is 0 Å². The molecule has 2 fully saturated rings. The molecule has 4 atom stereocenters. The number of anilines is 1. The second-order valence-electron chi connectivity index (χ2n) is 10.8. The molecule has 7 nitrogen and oxygen atoms in total. The maximum Gasteiger partial charge on any atom is 0.455 e. The first-order valence-corrected chi connectivity index (χ1v) is 13.9. The number of allylic oxidation sites excluding steroid dienone is 1. The number of aromatic hydroxyl groups is 1. The molecule has 0 spiro atoms. The smallest absolute Gasteiger partial charge is 0.455 e. The van der Waals surface area contributed by atoms with Crippen molar-refractivity contribution >= 4 is 30.7 Å². The lowest BCUT2D eigenvalue weighted by Crippen LogP contribution is -2.46. The van der Waals surface area contributed by atoms with E-state index >= 15 is 0 Å². The molecule has 0 aromatic heterocycles. The minimum atomic E-state index is -1.00. The van der Waals surface area contributed by atoms with Crippen LogP contribution in [0.1, 0.15) is 44.6 Å². The molecule has 1 aliphatic carbocycles. The van der Waals surface area contributed by atoms with Crippen LogP contribution in [-0.4, -0.2) is 48.9 Å². The third-order valence-electron chi connectivity index (χ3n) is 8.20. The number of para-hydroxylation sites is 1. The minimum Gasteiger partial charge on any atom is -0.508 e. The standard InChI is InChI=1S/C31H36BNO6/c1-3-7-20(16-21-10-13-24(34)14-11-21)12-15-27-28-22(19-38-2)17-25-29(26(28)18-32(37)39-27)31(36)33(30(25)35)23-8-5-4-6-9-23/h4-6,8-11,13-14,16,25-27,29,34,37H,3,7,12,15,17-19H2,1-2H3/b20-16+/t25-,26+,27-,29-/m1/s1. The van der Waals surface area contributed by atoms with Gasteiger partial charge in [0.25, 0.3) is 0 Å². The zero-order chi connectivity index (χ0) is 27.5. The normalized spacial score (nSPS) is 25.3. The summed E-state index contributed by atoms with van der Waals surface area (Å²) >= 11 is 0. The first-order valence-electron chi connectivity index (χ1n) is 13.9. The molecule has 3 aliphatic rings. The fourth-order valence-corrected chi connectivity index (χ4v) is 6.62. The molecule has 2 saturated heterocycles. The molecule has 0 bridgehead atoms. The summed E-state index contributed by atoms with van der Waals surface area (Å²) in [5.74, 6) is -1.39. The summed E-state index contributed by atoms with van der Waals surface area (Å²) in [7, 11) is 0.635. The van der Waals surface area contributed by atoms with Crippen molar-refractivity contribution < 1.29 is 29.1 Å². The lowest BCUT2D eigenvalue weighted by molar-refractivity contribution is -0.122. The van der Waals surface area contributed by atoms with E-state index in [2.05, 4.69) is 13.0 Å². The van der Waals surface area contributed by atoms with Crippen molar-refractivity contribution in [1.29, 1.82) is 0 Å². The first kappa shape index (κ1) is 27.4. The zero-order valence-corrected chi connectivity index (χ0v) is 22.6. The number of fused-ring (bicyclic) bond motifs is 3. The Morgan fingerprint density at radius 3 is 2.51 bits per heavy atom. The minimum absolute atomic E-state index is 0.177. The highest BCUT2D eigenvalue weighted by Crippen LogP contribution is 2.51. The van der Waals surface area contributed by atoms with Gasteiger partial charge in [0.05, 0.1) is 30.2 Å². The molecule has 2 aromatic carbocycles. The maximum absolute atomic E-state index is 13.8. The van der Waals surface area contributed by atoms with Gasteiger partial charge in [-0.2, -0.15) is 0 Å². The van der Waals surface area contributed by atoms with Crippen LogP contribution >= 0.6 is 0 Å². The Hall–Kier alpha value is -3.20. The van der Waals surface area contributed by atoms with E-state index < -0.39 is 19.0 Å². The van der Waals surface area contributed by atoms with E-state index in [1.165, 1.54) is 10.5 Å². The van der Waals surface area contributed by atoms with Crippen molar-refractivity contribution in [1.82, 2.24) is 0 Å².